The highest BCUT2D eigenvalue weighted by molar-refractivity contribution is 6.01. The monoisotopic (exact) mass is 351 g/mol. The van der Waals surface area contributed by atoms with E-state index in [1.807, 2.05) is 0 Å². The Bertz CT molecular complexity index is 933. The normalized spacial score (nSPS) is 11.5. The molecule has 26 heavy (non-hydrogen) atoms. The Morgan fingerprint density at radius 3 is 2.12 bits per heavy atom. The molecule has 1 heterocycles. The summed E-state index contributed by atoms with van der Waals surface area (Å²) in [6.45, 7) is 0. The number of carbonyl (C=O) groups excluding carboxylic acids is 2. The maximum absolute atomic E-state index is 12.8. The number of ether oxygens (including phenoxy) is 1. The van der Waals surface area contributed by atoms with Crippen LogP contribution < -0.4 is 0 Å². The molecule has 1 aromatic heterocycles. The van der Waals surface area contributed by atoms with E-state index in [1.165, 1.54) is 0 Å². The minimum absolute atomic E-state index is 0.349. The molecule has 0 aliphatic rings. The molecule has 7 heteroatoms. The number of Topliss-reactive ketones (excluding diaryl/α,β-unsaturated/α-hetero) is 1. The highest BCUT2D eigenvalue weighted by atomic mass is 16.7. The third kappa shape index (κ3) is 3.67. The Hall–Kier alpha value is -3.74. The molecular weight excluding hydrogens is 338 g/mol. The van der Waals surface area contributed by atoms with E-state index >= 15 is 0 Å². The van der Waals surface area contributed by atoms with Gasteiger partial charge in [0.2, 0.25) is 11.5 Å². The van der Waals surface area contributed by atoms with Crippen LogP contribution in [0.2, 0.25) is 0 Å². The van der Waals surface area contributed by atoms with Gasteiger partial charge in [0.1, 0.15) is 4.92 Å². The van der Waals surface area contributed by atoms with Crippen LogP contribution in [0.15, 0.2) is 77.2 Å². The predicted octanol–water partition coefficient (Wildman–Crippen LogP) is 3.97. The molecule has 130 valence electrons. The molecular formula is C19H13NO6. The second-order valence-corrected chi connectivity index (χ2v) is 5.32. The number of nitrogens with zero attached hydrogens (tertiary/aromatic N) is 1. The van der Waals surface area contributed by atoms with Crippen LogP contribution in [0.1, 0.15) is 32.6 Å². The van der Waals surface area contributed by atoms with Crippen LogP contribution in [-0.2, 0) is 4.74 Å². The average Bonchev–Trinajstić information content (AvgIpc) is 3.17. The summed E-state index contributed by atoms with van der Waals surface area (Å²) in [5, 5.41) is 10.7. The van der Waals surface area contributed by atoms with Gasteiger partial charge >= 0.3 is 11.9 Å². The van der Waals surface area contributed by atoms with Gasteiger partial charge in [-0.3, -0.25) is 14.9 Å². The standard InChI is InChI=1S/C19H13NO6/c21-17(13-7-3-1-4-8-13)18(14-9-5-2-6-10-14)26-19(22)15-11-12-16(25-15)20(23)24/h1-12,18H/t18-/m0/s1. The minimum Gasteiger partial charge on any atom is -0.443 e. The van der Waals surface area contributed by atoms with Gasteiger partial charge in [0.15, 0.2) is 6.10 Å². The average molecular weight is 351 g/mol. The number of nitro groups is 1. The van der Waals surface area contributed by atoms with Gasteiger partial charge in [-0.15, -0.1) is 0 Å². The maximum Gasteiger partial charge on any atom is 0.433 e. The molecule has 0 amide bonds. The van der Waals surface area contributed by atoms with Crippen LogP contribution in [-0.4, -0.2) is 16.7 Å². The second kappa shape index (κ2) is 7.43. The van der Waals surface area contributed by atoms with Crippen molar-refractivity contribution in [2.24, 2.45) is 0 Å². The molecule has 0 bridgehead atoms. The van der Waals surface area contributed by atoms with Crippen molar-refractivity contribution in [2.75, 3.05) is 0 Å². The van der Waals surface area contributed by atoms with Gasteiger partial charge in [-0.2, -0.15) is 0 Å². The van der Waals surface area contributed by atoms with Crippen molar-refractivity contribution >= 4 is 17.6 Å². The van der Waals surface area contributed by atoms with Crippen molar-refractivity contribution in [3.05, 3.63) is 99.8 Å². The minimum atomic E-state index is -1.20. The first-order chi connectivity index (χ1) is 12.6. The van der Waals surface area contributed by atoms with E-state index in [-0.39, 0.29) is 5.76 Å². The van der Waals surface area contributed by atoms with Gasteiger partial charge in [0.05, 0.1) is 6.07 Å². The molecule has 0 spiro atoms. The lowest BCUT2D eigenvalue weighted by atomic mass is 10.00. The Balaban J connectivity index is 1.89. The summed E-state index contributed by atoms with van der Waals surface area (Å²) >= 11 is 0. The van der Waals surface area contributed by atoms with Gasteiger partial charge in [-0.05, 0) is 6.07 Å². The fourth-order valence-electron chi connectivity index (χ4n) is 2.36. The van der Waals surface area contributed by atoms with Gasteiger partial charge in [0.25, 0.3) is 0 Å². The number of hydrogen-bond acceptors (Lipinski definition) is 6. The van der Waals surface area contributed by atoms with Crippen molar-refractivity contribution in [1.82, 2.24) is 0 Å². The Morgan fingerprint density at radius 1 is 0.923 bits per heavy atom. The first-order valence-corrected chi connectivity index (χ1v) is 7.65. The Kier molecular flexibility index (Phi) is 4.89. The first-order valence-electron chi connectivity index (χ1n) is 7.65. The predicted molar refractivity (Wildman–Crippen MR) is 90.7 cm³/mol. The molecule has 2 aromatic carbocycles. The second-order valence-electron chi connectivity index (χ2n) is 5.32. The number of rotatable bonds is 6. The summed E-state index contributed by atoms with van der Waals surface area (Å²) in [5.74, 6) is -2.30. The molecule has 7 nitrogen and oxygen atoms in total. The zero-order chi connectivity index (χ0) is 18.5. The van der Waals surface area contributed by atoms with E-state index in [9.17, 15) is 19.7 Å². The molecule has 1 atom stereocenters. The zero-order valence-corrected chi connectivity index (χ0v) is 13.4. The van der Waals surface area contributed by atoms with Crippen LogP contribution in [0.3, 0.4) is 0 Å². The maximum atomic E-state index is 12.8. The lowest BCUT2D eigenvalue weighted by molar-refractivity contribution is -0.402. The smallest absolute Gasteiger partial charge is 0.433 e. The lowest BCUT2D eigenvalue weighted by Crippen LogP contribution is -2.20. The van der Waals surface area contributed by atoms with Crippen molar-refractivity contribution in [2.45, 2.75) is 6.10 Å². The van der Waals surface area contributed by atoms with Crippen LogP contribution >= 0.6 is 0 Å². The number of furan rings is 1. The van der Waals surface area contributed by atoms with Gasteiger partial charge in [-0.1, -0.05) is 60.7 Å². The number of benzene rings is 2. The summed E-state index contributed by atoms with van der Waals surface area (Å²) in [4.78, 5) is 35.0. The molecule has 0 saturated carbocycles. The van der Waals surface area contributed by atoms with Gasteiger partial charge < -0.3 is 9.15 Å². The van der Waals surface area contributed by atoms with Crippen molar-refractivity contribution in [3.63, 3.8) is 0 Å². The van der Waals surface area contributed by atoms with E-state index in [0.717, 1.165) is 12.1 Å². The first kappa shape index (κ1) is 17.1. The number of ketones is 1. The topological polar surface area (TPSA) is 99.7 Å². The van der Waals surface area contributed by atoms with Crippen molar-refractivity contribution < 1.29 is 23.7 Å². The van der Waals surface area contributed by atoms with E-state index in [4.69, 9.17) is 9.15 Å². The molecule has 0 radical (unpaired) electrons. The van der Waals surface area contributed by atoms with Gasteiger partial charge in [-0.25, -0.2) is 4.79 Å². The van der Waals surface area contributed by atoms with Crippen LogP contribution in [0.4, 0.5) is 5.88 Å². The summed E-state index contributed by atoms with van der Waals surface area (Å²) in [7, 11) is 0. The van der Waals surface area contributed by atoms with E-state index < -0.39 is 28.7 Å². The molecule has 0 saturated heterocycles. The molecule has 3 aromatic rings. The van der Waals surface area contributed by atoms with E-state index in [0.29, 0.717) is 11.1 Å². The Labute approximate surface area is 148 Å². The summed E-state index contributed by atoms with van der Waals surface area (Å²) in [5.41, 5.74) is 0.857. The van der Waals surface area contributed by atoms with E-state index in [2.05, 4.69) is 0 Å². The van der Waals surface area contributed by atoms with Crippen LogP contribution in [0.5, 0.6) is 0 Å². The molecule has 0 aliphatic carbocycles. The molecule has 3 rings (SSSR count). The fraction of sp³-hybridized carbons (Fsp3) is 0.0526. The SMILES string of the molecule is O=C(O[C@H](C(=O)c1ccccc1)c1ccccc1)c1ccc([N+](=O)[O-])o1. The Morgan fingerprint density at radius 2 is 1.54 bits per heavy atom. The van der Waals surface area contributed by atoms with Crippen molar-refractivity contribution in [1.29, 1.82) is 0 Å². The summed E-state index contributed by atoms with van der Waals surface area (Å²) in [6, 6.07) is 19.1. The molecule has 0 aliphatic heterocycles. The lowest BCUT2D eigenvalue weighted by Gasteiger charge is -2.16. The van der Waals surface area contributed by atoms with Gasteiger partial charge in [0, 0.05) is 11.1 Å². The summed E-state index contributed by atoms with van der Waals surface area (Å²) in [6.07, 6.45) is -1.20. The summed E-state index contributed by atoms with van der Waals surface area (Å²) < 4.78 is 10.2. The molecule has 0 fully saturated rings. The molecule has 0 unspecified atom stereocenters. The fourth-order valence-corrected chi connectivity index (χ4v) is 2.36. The zero-order valence-electron chi connectivity index (χ0n) is 13.4. The number of carbonyl (C=O) groups is 2. The van der Waals surface area contributed by atoms with Crippen LogP contribution in [0.25, 0.3) is 0 Å². The van der Waals surface area contributed by atoms with Crippen molar-refractivity contribution in [3.8, 4) is 0 Å². The number of esters is 1. The largest absolute Gasteiger partial charge is 0.443 e. The highest BCUT2D eigenvalue weighted by Crippen LogP contribution is 2.25. The van der Waals surface area contributed by atoms with E-state index in [1.54, 1.807) is 60.7 Å². The third-order valence-electron chi connectivity index (χ3n) is 3.60. The highest BCUT2D eigenvalue weighted by Gasteiger charge is 2.28. The third-order valence-corrected chi connectivity index (χ3v) is 3.60. The molecule has 0 N–H and O–H groups in total. The quantitative estimate of drug-likeness (QED) is 0.288. The van der Waals surface area contributed by atoms with Crippen LogP contribution in [0, 0.1) is 10.1 Å². The number of hydrogen-bond donors (Lipinski definition) is 0.